The number of carbonyl (C=O) groups excluding carboxylic acids is 1. The van der Waals surface area contributed by atoms with E-state index in [0.29, 0.717) is 17.3 Å². The molecule has 0 saturated heterocycles. The van der Waals surface area contributed by atoms with Crippen LogP contribution < -0.4 is 10.6 Å². The third-order valence-electron chi connectivity index (χ3n) is 3.80. The molecule has 0 heterocycles. The highest BCUT2D eigenvalue weighted by Gasteiger charge is 2.32. The Bertz CT molecular complexity index is 504. The van der Waals surface area contributed by atoms with Crippen molar-refractivity contribution < 1.29 is 14.7 Å². The van der Waals surface area contributed by atoms with E-state index in [-0.39, 0.29) is 24.3 Å². The van der Waals surface area contributed by atoms with Crippen molar-refractivity contribution in [3.63, 3.8) is 0 Å². The fourth-order valence-electron chi connectivity index (χ4n) is 2.72. The molecule has 1 fully saturated rings. The molecule has 2 atom stereocenters. The summed E-state index contributed by atoms with van der Waals surface area (Å²) in [7, 11) is 0. The standard InChI is InChI=1S/C15H19ClN2O3/c16-11-4-6-12(7-5-11)18-14(19)9-17-8-10-2-1-3-13(10)15(20)21/h4-7,10,13,17H,1-3,8-9H2,(H,18,19)(H,20,21). The molecule has 2 unspecified atom stereocenters. The smallest absolute Gasteiger partial charge is 0.306 e. The Morgan fingerprint density at radius 1 is 1.24 bits per heavy atom. The maximum atomic E-state index is 11.8. The molecule has 0 aliphatic heterocycles. The molecule has 0 radical (unpaired) electrons. The normalized spacial score (nSPS) is 21.2. The van der Waals surface area contributed by atoms with Crippen LogP contribution >= 0.6 is 11.6 Å². The molecule has 6 heteroatoms. The molecule has 1 aromatic carbocycles. The number of carboxylic acids is 1. The summed E-state index contributed by atoms with van der Waals surface area (Å²) in [4.78, 5) is 22.8. The van der Waals surface area contributed by atoms with E-state index in [0.717, 1.165) is 19.3 Å². The maximum absolute atomic E-state index is 11.8. The molecule has 0 aromatic heterocycles. The Morgan fingerprint density at radius 3 is 2.62 bits per heavy atom. The summed E-state index contributed by atoms with van der Waals surface area (Å²) in [5.41, 5.74) is 0.690. The van der Waals surface area contributed by atoms with Crippen molar-refractivity contribution in [2.75, 3.05) is 18.4 Å². The average Bonchev–Trinajstić information content (AvgIpc) is 2.90. The lowest BCUT2D eigenvalue weighted by Crippen LogP contribution is -2.34. The van der Waals surface area contributed by atoms with Crippen LogP contribution in [0.3, 0.4) is 0 Å². The van der Waals surface area contributed by atoms with E-state index in [4.69, 9.17) is 16.7 Å². The lowest BCUT2D eigenvalue weighted by atomic mass is 9.96. The molecule has 2 rings (SSSR count). The quantitative estimate of drug-likeness (QED) is 0.754. The predicted molar refractivity (Wildman–Crippen MR) is 81.4 cm³/mol. The molecule has 0 bridgehead atoms. The van der Waals surface area contributed by atoms with Gasteiger partial charge in [0.15, 0.2) is 0 Å². The highest BCUT2D eigenvalue weighted by molar-refractivity contribution is 6.30. The number of carboxylic acid groups (broad SMARTS) is 1. The zero-order valence-corrected chi connectivity index (χ0v) is 12.4. The van der Waals surface area contributed by atoms with E-state index in [1.165, 1.54) is 0 Å². The number of aliphatic carboxylic acids is 1. The molecule has 1 amide bonds. The summed E-state index contributed by atoms with van der Waals surface area (Å²) in [6.45, 7) is 0.733. The van der Waals surface area contributed by atoms with Gasteiger partial charge in [-0.2, -0.15) is 0 Å². The van der Waals surface area contributed by atoms with Crippen molar-refractivity contribution in [2.45, 2.75) is 19.3 Å². The Hall–Kier alpha value is -1.59. The summed E-state index contributed by atoms with van der Waals surface area (Å²) < 4.78 is 0. The maximum Gasteiger partial charge on any atom is 0.306 e. The number of carbonyl (C=O) groups is 2. The van der Waals surface area contributed by atoms with Gasteiger partial charge in [0, 0.05) is 10.7 Å². The van der Waals surface area contributed by atoms with Crippen molar-refractivity contribution in [3.05, 3.63) is 29.3 Å². The molecular formula is C15H19ClN2O3. The van der Waals surface area contributed by atoms with Crippen LogP contribution in [0.4, 0.5) is 5.69 Å². The number of nitrogens with one attached hydrogen (secondary N) is 2. The zero-order valence-electron chi connectivity index (χ0n) is 11.6. The largest absolute Gasteiger partial charge is 0.481 e. The third-order valence-corrected chi connectivity index (χ3v) is 4.05. The molecule has 1 aliphatic carbocycles. The molecular weight excluding hydrogens is 292 g/mol. The lowest BCUT2D eigenvalue weighted by molar-refractivity contribution is -0.142. The minimum absolute atomic E-state index is 0.117. The highest BCUT2D eigenvalue weighted by atomic mass is 35.5. The van der Waals surface area contributed by atoms with E-state index >= 15 is 0 Å². The molecule has 0 spiro atoms. The van der Waals surface area contributed by atoms with Crippen LogP contribution in [-0.2, 0) is 9.59 Å². The first kappa shape index (κ1) is 15.8. The number of rotatable bonds is 6. The van der Waals surface area contributed by atoms with Gasteiger partial charge in [0.2, 0.25) is 5.91 Å². The van der Waals surface area contributed by atoms with Crippen molar-refractivity contribution in [1.29, 1.82) is 0 Å². The Labute approximate surface area is 128 Å². The SMILES string of the molecule is O=C(CNCC1CCCC1C(=O)O)Nc1ccc(Cl)cc1. The average molecular weight is 311 g/mol. The van der Waals surface area contributed by atoms with Gasteiger partial charge in [-0.25, -0.2) is 0 Å². The number of benzene rings is 1. The van der Waals surface area contributed by atoms with E-state index in [1.807, 2.05) is 0 Å². The second-order valence-corrected chi connectivity index (χ2v) is 5.76. The van der Waals surface area contributed by atoms with Crippen LogP contribution in [0.5, 0.6) is 0 Å². The molecule has 21 heavy (non-hydrogen) atoms. The molecule has 1 aliphatic rings. The van der Waals surface area contributed by atoms with Gasteiger partial charge in [0.05, 0.1) is 12.5 Å². The monoisotopic (exact) mass is 310 g/mol. The molecule has 3 N–H and O–H groups in total. The van der Waals surface area contributed by atoms with Crippen molar-refractivity contribution in [2.24, 2.45) is 11.8 Å². The molecule has 114 valence electrons. The second-order valence-electron chi connectivity index (χ2n) is 5.32. The van der Waals surface area contributed by atoms with Gasteiger partial charge in [0.1, 0.15) is 0 Å². The summed E-state index contributed by atoms with van der Waals surface area (Å²) in [6, 6.07) is 6.89. The van der Waals surface area contributed by atoms with E-state index < -0.39 is 5.97 Å². The number of hydrogen-bond donors (Lipinski definition) is 3. The topological polar surface area (TPSA) is 78.4 Å². The van der Waals surface area contributed by atoms with Crippen molar-refractivity contribution in [1.82, 2.24) is 5.32 Å². The van der Waals surface area contributed by atoms with Crippen LogP contribution in [0.2, 0.25) is 5.02 Å². The van der Waals surface area contributed by atoms with E-state index in [1.54, 1.807) is 24.3 Å². The van der Waals surface area contributed by atoms with E-state index in [2.05, 4.69) is 10.6 Å². The second kappa shape index (κ2) is 7.43. The minimum atomic E-state index is -0.732. The highest BCUT2D eigenvalue weighted by Crippen LogP contribution is 2.31. The Morgan fingerprint density at radius 2 is 1.95 bits per heavy atom. The van der Waals surface area contributed by atoms with Crippen molar-refractivity contribution >= 4 is 29.2 Å². The van der Waals surface area contributed by atoms with Gasteiger partial charge < -0.3 is 15.7 Å². The summed E-state index contributed by atoms with van der Waals surface area (Å²) in [5.74, 6) is -1.05. The minimum Gasteiger partial charge on any atom is -0.481 e. The van der Waals surface area contributed by atoms with Crippen LogP contribution in [0.25, 0.3) is 0 Å². The number of hydrogen-bond acceptors (Lipinski definition) is 3. The van der Waals surface area contributed by atoms with Crippen LogP contribution in [0.15, 0.2) is 24.3 Å². The number of anilines is 1. The van der Waals surface area contributed by atoms with Gasteiger partial charge in [-0.05, 0) is 49.6 Å². The molecule has 1 aromatic rings. The summed E-state index contributed by atoms with van der Waals surface area (Å²) in [6.07, 6.45) is 2.59. The van der Waals surface area contributed by atoms with Gasteiger partial charge in [0.25, 0.3) is 0 Å². The number of halogens is 1. The van der Waals surface area contributed by atoms with Gasteiger partial charge in [-0.15, -0.1) is 0 Å². The first-order valence-electron chi connectivity index (χ1n) is 7.05. The van der Waals surface area contributed by atoms with Gasteiger partial charge >= 0.3 is 5.97 Å². The van der Waals surface area contributed by atoms with Crippen LogP contribution in [-0.4, -0.2) is 30.1 Å². The first-order valence-corrected chi connectivity index (χ1v) is 7.43. The zero-order chi connectivity index (χ0) is 15.2. The van der Waals surface area contributed by atoms with Crippen molar-refractivity contribution in [3.8, 4) is 0 Å². The van der Waals surface area contributed by atoms with Crippen LogP contribution in [0.1, 0.15) is 19.3 Å². The fraction of sp³-hybridized carbons (Fsp3) is 0.467. The Balaban J connectivity index is 1.72. The number of amides is 1. The first-order chi connectivity index (χ1) is 10.1. The lowest BCUT2D eigenvalue weighted by Gasteiger charge is -2.16. The van der Waals surface area contributed by atoms with Gasteiger partial charge in [-0.3, -0.25) is 9.59 Å². The summed E-state index contributed by atoms with van der Waals surface area (Å²) >= 11 is 5.77. The Kier molecular flexibility index (Phi) is 5.59. The van der Waals surface area contributed by atoms with Crippen LogP contribution in [0, 0.1) is 11.8 Å². The molecule has 5 nitrogen and oxygen atoms in total. The predicted octanol–water partition coefficient (Wildman–Crippen LogP) is 2.37. The van der Waals surface area contributed by atoms with Gasteiger partial charge in [-0.1, -0.05) is 18.0 Å². The molecule has 1 saturated carbocycles. The fourth-order valence-corrected chi connectivity index (χ4v) is 2.84. The van der Waals surface area contributed by atoms with E-state index in [9.17, 15) is 9.59 Å². The summed E-state index contributed by atoms with van der Waals surface area (Å²) in [5, 5.41) is 15.5. The third kappa shape index (κ3) is 4.72.